The summed E-state index contributed by atoms with van der Waals surface area (Å²) in [6.07, 6.45) is 9.56. The maximum Gasteiger partial charge on any atom is 0.255 e. The predicted octanol–water partition coefficient (Wildman–Crippen LogP) is 1.77. The summed E-state index contributed by atoms with van der Waals surface area (Å²) in [7, 11) is 2.01. The van der Waals surface area contributed by atoms with Gasteiger partial charge in [0.25, 0.3) is 5.91 Å². The molecule has 1 saturated heterocycles. The molecule has 2 heterocycles. The Kier molecular flexibility index (Phi) is 3.32. The summed E-state index contributed by atoms with van der Waals surface area (Å²) in [6, 6.07) is 0.387. The van der Waals surface area contributed by atoms with E-state index in [1.807, 2.05) is 24.2 Å². The van der Waals surface area contributed by atoms with Gasteiger partial charge < -0.3 is 9.80 Å². The van der Waals surface area contributed by atoms with Gasteiger partial charge in [0.15, 0.2) is 0 Å². The number of likely N-dealkylation sites (tertiary alicyclic amines) is 1. The molecule has 88 valence electrons. The summed E-state index contributed by atoms with van der Waals surface area (Å²) in [5, 5.41) is 0. The van der Waals surface area contributed by atoms with Gasteiger partial charge in [0.05, 0.1) is 5.57 Å². The molecule has 0 aromatic carbocycles. The van der Waals surface area contributed by atoms with Gasteiger partial charge in [-0.3, -0.25) is 4.79 Å². The summed E-state index contributed by atoms with van der Waals surface area (Å²) < 4.78 is 0. The van der Waals surface area contributed by atoms with Crippen molar-refractivity contribution in [2.24, 2.45) is 0 Å². The first-order valence-corrected chi connectivity index (χ1v) is 6.10. The van der Waals surface area contributed by atoms with Crippen molar-refractivity contribution >= 4 is 5.91 Å². The van der Waals surface area contributed by atoms with E-state index in [1.54, 1.807) is 0 Å². The van der Waals surface area contributed by atoms with Crippen molar-refractivity contribution in [2.45, 2.75) is 32.2 Å². The zero-order chi connectivity index (χ0) is 11.5. The van der Waals surface area contributed by atoms with Crippen LogP contribution >= 0.6 is 0 Å². The highest BCUT2D eigenvalue weighted by Gasteiger charge is 2.21. The van der Waals surface area contributed by atoms with Crippen molar-refractivity contribution in [3.8, 4) is 0 Å². The first kappa shape index (κ1) is 11.2. The first-order valence-electron chi connectivity index (χ1n) is 6.10. The molecule has 16 heavy (non-hydrogen) atoms. The molecule has 2 aliphatic rings. The van der Waals surface area contributed by atoms with Gasteiger partial charge in [0.2, 0.25) is 0 Å². The summed E-state index contributed by atoms with van der Waals surface area (Å²) in [6.45, 7) is 3.96. The van der Waals surface area contributed by atoms with E-state index in [2.05, 4.69) is 17.9 Å². The van der Waals surface area contributed by atoms with Gasteiger partial charge in [0, 0.05) is 32.4 Å². The zero-order valence-electron chi connectivity index (χ0n) is 10.1. The minimum Gasteiger partial charge on any atom is -0.374 e. The maximum absolute atomic E-state index is 12.2. The Bertz CT molecular complexity index is 327. The van der Waals surface area contributed by atoms with E-state index in [0.29, 0.717) is 6.04 Å². The highest BCUT2D eigenvalue weighted by molar-refractivity contribution is 5.96. The summed E-state index contributed by atoms with van der Waals surface area (Å²) in [5.74, 6) is 0.190. The third-order valence-electron chi connectivity index (χ3n) is 3.43. The van der Waals surface area contributed by atoms with Gasteiger partial charge in [-0.1, -0.05) is 6.08 Å². The standard InChI is InChI=1S/C13H20N2O/c1-11-6-7-12(10-14(11)2)13(16)15-8-4-3-5-9-15/h6-7,10-11H,3-5,8-9H2,1-2H3. The van der Waals surface area contributed by atoms with Gasteiger partial charge in [0.1, 0.15) is 0 Å². The number of likely N-dealkylation sites (N-methyl/N-ethyl adjacent to an activating group) is 1. The minimum absolute atomic E-state index is 0.190. The quantitative estimate of drug-likeness (QED) is 0.672. The third-order valence-corrected chi connectivity index (χ3v) is 3.43. The molecular weight excluding hydrogens is 200 g/mol. The number of amides is 1. The molecule has 0 bridgehead atoms. The minimum atomic E-state index is 0.190. The average Bonchev–Trinajstić information content (AvgIpc) is 2.33. The number of rotatable bonds is 1. The van der Waals surface area contributed by atoms with E-state index < -0.39 is 0 Å². The third kappa shape index (κ3) is 2.29. The van der Waals surface area contributed by atoms with Crippen molar-refractivity contribution in [3.05, 3.63) is 23.9 Å². The predicted molar refractivity (Wildman–Crippen MR) is 64.9 cm³/mol. The Morgan fingerprint density at radius 3 is 2.62 bits per heavy atom. The molecule has 3 nitrogen and oxygen atoms in total. The Morgan fingerprint density at radius 2 is 2.00 bits per heavy atom. The number of hydrogen-bond acceptors (Lipinski definition) is 2. The lowest BCUT2D eigenvalue weighted by Crippen LogP contribution is -2.37. The molecule has 0 radical (unpaired) electrons. The molecule has 0 N–H and O–H groups in total. The van der Waals surface area contributed by atoms with Crippen LogP contribution < -0.4 is 0 Å². The largest absolute Gasteiger partial charge is 0.374 e. The van der Waals surface area contributed by atoms with Crippen molar-refractivity contribution < 1.29 is 4.79 Å². The SMILES string of the molecule is CC1C=CC(C(=O)N2CCCCC2)=CN1C. The lowest BCUT2D eigenvalue weighted by Gasteiger charge is -2.30. The molecule has 1 atom stereocenters. The first-order chi connectivity index (χ1) is 7.68. The van der Waals surface area contributed by atoms with Gasteiger partial charge in [-0.15, -0.1) is 0 Å². The lowest BCUT2D eigenvalue weighted by molar-refractivity contribution is -0.127. The molecule has 1 fully saturated rings. The fourth-order valence-electron chi connectivity index (χ4n) is 2.16. The van der Waals surface area contributed by atoms with Gasteiger partial charge in [-0.05, 0) is 32.3 Å². The molecule has 0 aromatic rings. The Balaban J connectivity index is 2.04. The fourth-order valence-corrected chi connectivity index (χ4v) is 2.16. The molecule has 1 amide bonds. The van der Waals surface area contributed by atoms with Gasteiger partial charge in [-0.25, -0.2) is 0 Å². The Hall–Kier alpha value is -1.25. The number of nitrogens with zero attached hydrogens (tertiary/aromatic N) is 2. The van der Waals surface area contributed by atoms with E-state index in [4.69, 9.17) is 0 Å². The zero-order valence-corrected chi connectivity index (χ0v) is 10.1. The fraction of sp³-hybridized carbons (Fsp3) is 0.615. The number of carbonyl (C=O) groups excluding carboxylic acids is 1. The summed E-state index contributed by atoms with van der Waals surface area (Å²) in [5.41, 5.74) is 0.822. The molecule has 0 spiro atoms. The Morgan fingerprint density at radius 1 is 1.31 bits per heavy atom. The lowest BCUT2D eigenvalue weighted by atomic mass is 10.1. The number of carbonyl (C=O) groups is 1. The Labute approximate surface area is 97.4 Å². The van der Waals surface area contributed by atoms with Crippen LogP contribution in [0.15, 0.2) is 23.9 Å². The van der Waals surface area contributed by atoms with Crippen LogP contribution in [0, 0.1) is 0 Å². The number of hydrogen-bond donors (Lipinski definition) is 0. The van der Waals surface area contributed by atoms with Crippen LogP contribution in [-0.2, 0) is 4.79 Å². The van der Waals surface area contributed by atoms with Crippen molar-refractivity contribution in [2.75, 3.05) is 20.1 Å². The van der Waals surface area contributed by atoms with E-state index in [1.165, 1.54) is 6.42 Å². The topological polar surface area (TPSA) is 23.6 Å². The van der Waals surface area contributed by atoms with Crippen LogP contribution in [0.5, 0.6) is 0 Å². The molecule has 0 aromatic heterocycles. The molecule has 0 aliphatic carbocycles. The van der Waals surface area contributed by atoms with Crippen molar-refractivity contribution in [1.82, 2.24) is 9.80 Å². The number of piperidine rings is 1. The average molecular weight is 220 g/mol. The van der Waals surface area contributed by atoms with Crippen LogP contribution in [0.4, 0.5) is 0 Å². The van der Waals surface area contributed by atoms with Crippen LogP contribution in [0.2, 0.25) is 0 Å². The van der Waals surface area contributed by atoms with Gasteiger partial charge >= 0.3 is 0 Å². The second-order valence-corrected chi connectivity index (χ2v) is 4.70. The smallest absolute Gasteiger partial charge is 0.255 e. The van der Waals surface area contributed by atoms with Crippen LogP contribution in [0.1, 0.15) is 26.2 Å². The highest BCUT2D eigenvalue weighted by atomic mass is 16.2. The van der Waals surface area contributed by atoms with E-state index in [9.17, 15) is 4.79 Å². The van der Waals surface area contributed by atoms with Crippen LogP contribution in [0.3, 0.4) is 0 Å². The van der Waals surface area contributed by atoms with E-state index in [0.717, 1.165) is 31.5 Å². The van der Waals surface area contributed by atoms with E-state index in [-0.39, 0.29) is 5.91 Å². The monoisotopic (exact) mass is 220 g/mol. The highest BCUT2D eigenvalue weighted by Crippen LogP contribution is 2.17. The molecule has 3 heteroatoms. The molecule has 2 aliphatic heterocycles. The molecule has 0 saturated carbocycles. The van der Waals surface area contributed by atoms with E-state index >= 15 is 0 Å². The van der Waals surface area contributed by atoms with Crippen molar-refractivity contribution in [3.63, 3.8) is 0 Å². The van der Waals surface area contributed by atoms with Gasteiger partial charge in [-0.2, -0.15) is 0 Å². The van der Waals surface area contributed by atoms with Crippen molar-refractivity contribution in [1.29, 1.82) is 0 Å². The van der Waals surface area contributed by atoms with Crippen LogP contribution in [0.25, 0.3) is 0 Å². The molecule has 1 unspecified atom stereocenters. The second kappa shape index (κ2) is 4.73. The molecule has 2 rings (SSSR count). The molecular formula is C13H20N2O. The van der Waals surface area contributed by atoms with Crippen LogP contribution in [-0.4, -0.2) is 41.9 Å². The second-order valence-electron chi connectivity index (χ2n) is 4.70. The normalized spacial score (nSPS) is 25.6. The summed E-state index contributed by atoms with van der Waals surface area (Å²) >= 11 is 0. The maximum atomic E-state index is 12.2. The summed E-state index contributed by atoms with van der Waals surface area (Å²) in [4.78, 5) is 16.2.